The quantitative estimate of drug-likeness (QED) is 0.476. The normalized spacial score (nSPS) is 16.3. The van der Waals surface area contributed by atoms with Crippen molar-refractivity contribution < 1.29 is 9.59 Å². The van der Waals surface area contributed by atoms with Crippen molar-refractivity contribution in [2.75, 3.05) is 18.8 Å². The van der Waals surface area contributed by atoms with Gasteiger partial charge >= 0.3 is 0 Å². The second-order valence-electron chi connectivity index (χ2n) is 7.84. The van der Waals surface area contributed by atoms with E-state index in [9.17, 15) is 9.59 Å². The van der Waals surface area contributed by atoms with Gasteiger partial charge in [-0.3, -0.25) is 9.59 Å². The number of rotatable bonds is 6. The molecular weight excluding hydrogens is 404 g/mol. The topological polar surface area (TPSA) is 122 Å². The Hall–Kier alpha value is -3.78. The van der Waals surface area contributed by atoms with Crippen molar-refractivity contribution in [3.8, 4) is 11.3 Å². The molecule has 1 aliphatic heterocycles. The summed E-state index contributed by atoms with van der Waals surface area (Å²) in [5.74, 6) is -0.475. The molecule has 0 radical (unpaired) electrons. The maximum atomic E-state index is 12.8. The fourth-order valence-corrected chi connectivity index (χ4v) is 3.66. The van der Waals surface area contributed by atoms with Crippen LogP contribution in [-0.4, -0.2) is 40.9 Å². The molecule has 5 N–H and O–H groups in total. The molecule has 2 aromatic carbocycles. The Kier molecular flexibility index (Phi) is 6.42. The van der Waals surface area contributed by atoms with Crippen molar-refractivity contribution in [3.05, 3.63) is 77.6 Å². The number of amides is 2. The number of nitrogen functional groups attached to an aromatic ring is 1. The van der Waals surface area contributed by atoms with E-state index in [1.807, 2.05) is 43.3 Å². The van der Waals surface area contributed by atoms with Crippen LogP contribution in [0.1, 0.15) is 45.8 Å². The molecule has 3 aromatic rings. The highest BCUT2D eigenvalue weighted by Gasteiger charge is 2.21. The third-order valence-electron chi connectivity index (χ3n) is 5.48. The Labute approximate surface area is 186 Å². The SMILES string of the molecule is C[C@H](NC(=O)c1cccc(-c2cnc(N)c(C(=O)N[C@H]3CCNC3)n2)c1)c1ccccc1. The molecule has 2 amide bonds. The van der Waals surface area contributed by atoms with Gasteiger partial charge in [0.15, 0.2) is 11.5 Å². The van der Waals surface area contributed by atoms with E-state index in [1.54, 1.807) is 18.2 Å². The molecule has 1 saturated heterocycles. The van der Waals surface area contributed by atoms with E-state index in [4.69, 9.17) is 5.73 Å². The van der Waals surface area contributed by atoms with E-state index in [-0.39, 0.29) is 35.4 Å². The van der Waals surface area contributed by atoms with Gasteiger partial charge in [-0.15, -0.1) is 0 Å². The molecular formula is C24H26N6O2. The van der Waals surface area contributed by atoms with E-state index < -0.39 is 0 Å². The first kappa shape index (κ1) is 21.5. The molecule has 8 nitrogen and oxygen atoms in total. The second-order valence-corrected chi connectivity index (χ2v) is 7.84. The first-order valence-electron chi connectivity index (χ1n) is 10.6. The van der Waals surface area contributed by atoms with Crippen LogP contribution in [0.15, 0.2) is 60.8 Å². The fourth-order valence-electron chi connectivity index (χ4n) is 3.66. The maximum absolute atomic E-state index is 12.8. The Morgan fingerprint density at radius 1 is 1.12 bits per heavy atom. The molecule has 164 valence electrons. The standard InChI is InChI=1S/C24H26N6O2/c1-15(16-6-3-2-4-7-16)28-23(31)18-9-5-8-17(12-18)20-14-27-22(25)21(30-20)24(32)29-19-10-11-26-13-19/h2-9,12,14-15,19,26H,10-11,13H2,1H3,(H2,25,27)(H,28,31)(H,29,32)/t15-,19-/m0/s1. The Balaban J connectivity index is 1.52. The fraction of sp³-hybridized carbons (Fsp3) is 0.250. The van der Waals surface area contributed by atoms with Crippen LogP contribution < -0.4 is 21.7 Å². The van der Waals surface area contributed by atoms with Gasteiger partial charge in [0.05, 0.1) is 17.9 Å². The number of benzene rings is 2. The lowest BCUT2D eigenvalue weighted by Gasteiger charge is -2.15. The lowest BCUT2D eigenvalue weighted by molar-refractivity contribution is 0.0929. The molecule has 1 aliphatic rings. The number of hydrogen-bond donors (Lipinski definition) is 4. The summed E-state index contributed by atoms with van der Waals surface area (Å²) in [5.41, 5.74) is 8.66. The van der Waals surface area contributed by atoms with Gasteiger partial charge in [0.1, 0.15) is 0 Å². The summed E-state index contributed by atoms with van der Waals surface area (Å²) >= 11 is 0. The van der Waals surface area contributed by atoms with Crippen LogP contribution in [-0.2, 0) is 0 Å². The summed E-state index contributed by atoms with van der Waals surface area (Å²) in [6.07, 6.45) is 2.37. The van der Waals surface area contributed by atoms with Crippen molar-refractivity contribution >= 4 is 17.6 Å². The first-order chi connectivity index (χ1) is 15.5. The molecule has 32 heavy (non-hydrogen) atoms. The van der Waals surface area contributed by atoms with Crippen LogP contribution in [0, 0.1) is 0 Å². The highest BCUT2D eigenvalue weighted by Crippen LogP contribution is 2.21. The predicted octanol–water partition coefficient (Wildman–Crippen LogP) is 2.31. The molecule has 2 heterocycles. The Bertz CT molecular complexity index is 1110. The molecule has 0 unspecified atom stereocenters. The van der Waals surface area contributed by atoms with Crippen LogP contribution in [0.3, 0.4) is 0 Å². The number of aromatic nitrogens is 2. The van der Waals surface area contributed by atoms with Crippen molar-refractivity contribution in [1.29, 1.82) is 0 Å². The summed E-state index contributed by atoms with van der Waals surface area (Å²) in [7, 11) is 0. The number of nitrogens with one attached hydrogen (secondary N) is 3. The van der Waals surface area contributed by atoms with Crippen LogP contribution in [0.2, 0.25) is 0 Å². The maximum Gasteiger partial charge on any atom is 0.274 e. The third kappa shape index (κ3) is 4.92. The van der Waals surface area contributed by atoms with Gasteiger partial charge < -0.3 is 21.7 Å². The van der Waals surface area contributed by atoms with Crippen LogP contribution in [0.25, 0.3) is 11.3 Å². The molecule has 4 rings (SSSR count). The second kappa shape index (κ2) is 9.57. The van der Waals surface area contributed by atoms with Gasteiger partial charge in [0.2, 0.25) is 0 Å². The highest BCUT2D eigenvalue weighted by molar-refractivity contribution is 5.97. The largest absolute Gasteiger partial charge is 0.382 e. The molecule has 1 aromatic heterocycles. The lowest BCUT2D eigenvalue weighted by atomic mass is 10.1. The van der Waals surface area contributed by atoms with Crippen LogP contribution in [0.4, 0.5) is 5.82 Å². The van der Waals surface area contributed by atoms with Crippen molar-refractivity contribution in [1.82, 2.24) is 25.9 Å². The zero-order valence-corrected chi connectivity index (χ0v) is 17.8. The molecule has 1 fully saturated rings. The highest BCUT2D eigenvalue weighted by atomic mass is 16.2. The summed E-state index contributed by atoms with van der Waals surface area (Å²) in [6.45, 7) is 3.52. The van der Waals surface area contributed by atoms with Crippen molar-refractivity contribution in [2.24, 2.45) is 0 Å². The molecule has 0 aliphatic carbocycles. The van der Waals surface area contributed by atoms with Gasteiger partial charge in [-0.1, -0.05) is 42.5 Å². The summed E-state index contributed by atoms with van der Waals surface area (Å²) < 4.78 is 0. The van der Waals surface area contributed by atoms with E-state index in [0.29, 0.717) is 16.8 Å². The molecule has 0 spiro atoms. The van der Waals surface area contributed by atoms with Gasteiger partial charge in [0.25, 0.3) is 11.8 Å². The zero-order chi connectivity index (χ0) is 22.5. The van der Waals surface area contributed by atoms with E-state index in [0.717, 1.165) is 25.1 Å². The molecule has 2 atom stereocenters. The number of hydrogen-bond acceptors (Lipinski definition) is 6. The summed E-state index contributed by atoms with van der Waals surface area (Å²) in [6, 6.07) is 16.7. The van der Waals surface area contributed by atoms with E-state index in [1.165, 1.54) is 6.20 Å². The third-order valence-corrected chi connectivity index (χ3v) is 5.48. The van der Waals surface area contributed by atoms with E-state index in [2.05, 4.69) is 25.9 Å². The average Bonchev–Trinajstić information content (AvgIpc) is 3.33. The molecule has 0 bridgehead atoms. The lowest BCUT2D eigenvalue weighted by Crippen LogP contribution is -2.37. The van der Waals surface area contributed by atoms with Crippen molar-refractivity contribution in [3.63, 3.8) is 0 Å². The van der Waals surface area contributed by atoms with Crippen molar-refractivity contribution in [2.45, 2.75) is 25.4 Å². The summed E-state index contributed by atoms with van der Waals surface area (Å²) in [5, 5.41) is 9.14. The predicted molar refractivity (Wildman–Crippen MR) is 123 cm³/mol. The van der Waals surface area contributed by atoms with E-state index >= 15 is 0 Å². The minimum atomic E-state index is -0.351. The minimum absolute atomic E-state index is 0.0472. The van der Waals surface area contributed by atoms with Gasteiger partial charge in [-0.05, 0) is 37.6 Å². The summed E-state index contributed by atoms with van der Waals surface area (Å²) in [4.78, 5) is 34.0. The Morgan fingerprint density at radius 2 is 1.94 bits per heavy atom. The number of carbonyl (C=O) groups is 2. The van der Waals surface area contributed by atoms with Crippen LogP contribution in [0.5, 0.6) is 0 Å². The smallest absolute Gasteiger partial charge is 0.274 e. The number of anilines is 1. The van der Waals surface area contributed by atoms with Gasteiger partial charge in [0, 0.05) is 23.7 Å². The number of nitrogens with zero attached hydrogens (tertiary/aromatic N) is 2. The van der Waals surface area contributed by atoms with Crippen LogP contribution >= 0.6 is 0 Å². The Morgan fingerprint density at radius 3 is 2.69 bits per heavy atom. The first-order valence-corrected chi connectivity index (χ1v) is 10.6. The molecule has 8 heteroatoms. The van der Waals surface area contributed by atoms with Gasteiger partial charge in [-0.25, -0.2) is 9.97 Å². The zero-order valence-electron chi connectivity index (χ0n) is 17.8. The minimum Gasteiger partial charge on any atom is -0.382 e. The number of nitrogens with two attached hydrogens (primary N) is 1. The monoisotopic (exact) mass is 430 g/mol. The average molecular weight is 431 g/mol. The van der Waals surface area contributed by atoms with Gasteiger partial charge in [-0.2, -0.15) is 0 Å². The number of carbonyl (C=O) groups excluding carboxylic acids is 2. The molecule has 0 saturated carbocycles.